The first kappa shape index (κ1) is 19.3. The van der Waals surface area contributed by atoms with Crippen LogP contribution in [0.25, 0.3) is 10.9 Å². The van der Waals surface area contributed by atoms with E-state index in [9.17, 15) is 9.90 Å². The number of amides is 1. The van der Waals surface area contributed by atoms with Gasteiger partial charge in [0.15, 0.2) is 0 Å². The number of nitrogens with zero attached hydrogens (tertiary/aromatic N) is 3. The van der Waals surface area contributed by atoms with Gasteiger partial charge in [0.25, 0.3) is 0 Å². The fourth-order valence-electron chi connectivity index (χ4n) is 5.47. The van der Waals surface area contributed by atoms with Crippen LogP contribution in [0.1, 0.15) is 35.1 Å². The van der Waals surface area contributed by atoms with Gasteiger partial charge in [0.1, 0.15) is 10.8 Å². The summed E-state index contributed by atoms with van der Waals surface area (Å²) >= 11 is 1.64. The molecule has 0 unspecified atom stereocenters. The quantitative estimate of drug-likeness (QED) is 0.640. The number of nitrogens with one attached hydrogen (secondary N) is 1. The van der Waals surface area contributed by atoms with Crippen molar-refractivity contribution in [3.63, 3.8) is 0 Å². The monoisotopic (exact) mass is 438 g/mol. The Hall–Kier alpha value is -2.42. The number of aromatic nitrogens is 2. The minimum atomic E-state index is -0.129. The smallest absolute Gasteiger partial charge is 0.225 e. The molecule has 1 amide bonds. The van der Waals surface area contributed by atoms with Crippen LogP contribution in [-0.2, 0) is 16.8 Å². The fraction of sp³-hybridized carbons (Fsp3) is 0.478. The number of fused-ring (bicyclic) bond motifs is 4. The second-order valence-electron chi connectivity index (χ2n) is 9.10. The summed E-state index contributed by atoms with van der Waals surface area (Å²) in [6.07, 6.45) is 3.89. The van der Waals surface area contributed by atoms with Gasteiger partial charge in [0.05, 0.1) is 26.3 Å². The van der Waals surface area contributed by atoms with Gasteiger partial charge in [-0.3, -0.25) is 9.69 Å². The maximum atomic E-state index is 12.7. The van der Waals surface area contributed by atoms with Crippen LogP contribution in [0.2, 0.25) is 0 Å². The van der Waals surface area contributed by atoms with E-state index in [1.54, 1.807) is 18.4 Å². The zero-order valence-electron chi connectivity index (χ0n) is 17.5. The third kappa shape index (κ3) is 3.00. The van der Waals surface area contributed by atoms with E-state index >= 15 is 0 Å². The van der Waals surface area contributed by atoms with Crippen LogP contribution in [0, 0.1) is 5.92 Å². The third-order valence-electron chi connectivity index (χ3n) is 7.06. The molecule has 1 saturated carbocycles. The summed E-state index contributed by atoms with van der Waals surface area (Å²) in [5.74, 6) is 1.35. The average molecular weight is 439 g/mol. The van der Waals surface area contributed by atoms with E-state index in [0.29, 0.717) is 12.5 Å². The van der Waals surface area contributed by atoms with Gasteiger partial charge >= 0.3 is 0 Å². The van der Waals surface area contributed by atoms with Crippen molar-refractivity contribution < 1.29 is 14.6 Å². The van der Waals surface area contributed by atoms with Crippen molar-refractivity contribution in [3.8, 4) is 5.75 Å². The number of hydrogen-bond donors (Lipinski definition) is 2. The third-order valence-corrected chi connectivity index (χ3v) is 7.83. The van der Waals surface area contributed by atoms with E-state index in [4.69, 9.17) is 4.74 Å². The number of rotatable bonds is 5. The molecule has 0 bridgehead atoms. The number of likely N-dealkylation sites (tertiary alicyclic amines) is 1. The second kappa shape index (κ2) is 7.05. The van der Waals surface area contributed by atoms with Crippen LogP contribution in [-0.4, -0.2) is 64.1 Å². The molecule has 0 radical (unpaired) electrons. The zero-order valence-corrected chi connectivity index (χ0v) is 18.3. The van der Waals surface area contributed by atoms with Crippen molar-refractivity contribution in [2.45, 2.75) is 30.8 Å². The molecule has 7 nitrogen and oxygen atoms in total. The summed E-state index contributed by atoms with van der Waals surface area (Å²) < 4.78 is 5.43. The Labute approximate surface area is 184 Å². The molecule has 2 N–H and O–H groups in total. The zero-order chi connectivity index (χ0) is 21.2. The lowest BCUT2D eigenvalue weighted by molar-refractivity contribution is -0.142. The van der Waals surface area contributed by atoms with E-state index in [1.165, 1.54) is 10.9 Å². The van der Waals surface area contributed by atoms with E-state index in [0.717, 1.165) is 54.4 Å². The number of thiazole rings is 1. The lowest BCUT2D eigenvalue weighted by Gasteiger charge is -2.56. The first-order valence-corrected chi connectivity index (χ1v) is 11.7. The lowest BCUT2D eigenvalue weighted by atomic mass is 9.68. The topological polar surface area (TPSA) is 81.7 Å². The summed E-state index contributed by atoms with van der Waals surface area (Å²) in [4.78, 5) is 25.1. The molecule has 8 heteroatoms. The number of H-pyrrole nitrogens is 1. The first-order chi connectivity index (χ1) is 15.1. The molecule has 31 heavy (non-hydrogen) atoms. The average Bonchev–Trinajstić information content (AvgIpc) is 3.35. The molecular formula is C23H26N4O3S. The highest BCUT2D eigenvalue weighted by Gasteiger charge is 2.55. The maximum Gasteiger partial charge on any atom is 0.225 e. The Morgan fingerprint density at radius 2 is 2.19 bits per heavy atom. The molecule has 2 fully saturated rings. The molecule has 162 valence electrons. The fourth-order valence-corrected chi connectivity index (χ4v) is 6.11. The van der Waals surface area contributed by atoms with Crippen molar-refractivity contribution in [1.82, 2.24) is 19.8 Å². The second-order valence-corrected chi connectivity index (χ2v) is 10.1. The Kier molecular flexibility index (Phi) is 4.38. The summed E-state index contributed by atoms with van der Waals surface area (Å²) in [7, 11) is 1.67. The Bertz CT molecular complexity index is 1130. The predicted octanol–water partition coefficient (Wildman–Crippen LogP) is 2.67. The van der Waals surface area contributed by atoms with Gasteiger partial charge < -0.3 is 19.7 Å². The maximum absolute atomic E-state index is 12.7. The van der Waals surface area contributed by atoms with Crippen molar-refractivity contribution in [2.24, 2.45) is 5.92 Å². The van der Waals surface area contributed by atoms with Crippen molar-refractivity contribution in [2.75, 3.05) is 33.4 Å². The number of carbonyl (C=O) groups excluding carboxylic acids is 1. The molecule has 3 aromatic rings. The highest BCUT2D eigenvalue weighted by molar-refractivity contribution is 7.09. The van der Waals surface area contributed by atoms with Crippen LogP contribution in [0.3, 0.4) is 0 Å². The molecule has 3 aliphatic rings. The van der Waals surface area contributed by atoms with Crippen LogP contribution in [0.15, 0.2) is 29.8 Å². The SMILES string of the molecule is COc1ccc2c3c([nH]c2c1)[C@H](CO)N(Cc1nccs1)CC31CN(C(=O)C2CC2)C1. The first-order valence-electron chi connectivity index (χ1n) is 10.8. The molecule has 1 aromatic carbocycles. The molecular weight excluding hydrogens is 412 g/mol. The molecule has 4 heterocycles. The number of hydrogen-bond acceptors (Lipinski definition) is 6. The van der Waals surface area contributed by atoms with Crippen LogP contribution in [0.5, 0.6) is 5.75 Å². The van der Waals surface area contributed by atoms with Gasteiger partial charge in [-0.1, -0.05) is 0 Å². The number of methoxy groups -OCH3 is 1. The van der Waals surface area contributed by atoms with Crippen molar-refractivity contribution in [3.05, 3.63) is 46.0 Å². The van der Waals surface area contributed by atoms with E-state index < -0.39 is 0 Å². The molecule has 2 aromatic heterocycles. The molecule has 6 rings (SSSR count). The minimum Gasteiger partial charge on any atom is -0.497 e. The van der Waals surface area contributed by atoms with Crippen LogP contribution < -0.4 is 4.74 Å². The number of ether oxygens (including phenoxy) is 1. The summed E-state index contributed by atoms with van der Waals surface area (Å²) in [5, 5.41) is 14.6. The Morgan fingerprint density at radius 1 is 1.35 bits per heavy atom. The minimum absolute atomic E-state index is 0.0309. The number of carbonyl (C=O) groups is 1. The largest absolute Gasteiger partial charge is 0.497 e. The van der Waals surface area contributed by atoms with Crippen LogP contribution in [0.4, 0.5) is 0 Å². The highest BCUT2D eigenvalue weighted by Crippen LogP contribution is 2.50. The molecule has 1 atom stereocenters. The standard InChI is InChI=1S/C23H26N4O3S/c1-30-15-4-5-16-17(8-15)25-21-18(10-28)26(9-19-24-6-7-31-19)11-23(20(16)21)12-27(13-23)22(29)14-2-3-14/h4-8,14,18,25,28H,2-3,9-13H2,1H3/t18-/m0/s1. The highest BCUT2D eigenvalue weighted by atomic mass is 32.1. The van der Waals surface area contributed by atoms with Gasteiger partial charge in [-0.2, -0.15) is 0 Å². The molecule has 1 saturated heterocycles. The van der Waals surface area contributed by atoms with Gasteiger partial charge in [0, 0.05) is 65.2 Å². The lowest BCUT2D eigenvalue weighted by Crippen LogP contribution is -2.67. The molecule has 2 aliphatic heterocycles. The molecule has 1 spiro atoms. The summed E-state index contributed by atoms with van der Waals surface area (Å²) in [6.45, 7) is 3.00. The Morgan fingerprint density at radius 3 is 2.87 bits per heavy atom. The van der Waals surface area contributed by atoms with Crippen molar-refractivity contribution in [1.29, 1.82) is 0 Å². The van der Waals surface area contributed by atoms with Gasteiger partial charge in [-0.25, -0.2) is 4.98 Å². The van der Waals surface area contributed by atoms with Gasteiger partial charge in [-0.05, 0) is 30.5 Å². The normalized spacial score (nSPS) is 22.5. The predicted molar refractivity (Wildman–Crippen MR) is 118 cm³/mol. The number of aliphatic hydroxyl groups excluding tert-OH is 1. The van der Waals surface area contributed by atoms with E-state index in [1.807, 2.05) is 28.6 Å². The number of aromatic amines is 1. The number of aliphatic hydroxyl groups is 1. The number of benzene rings is 1. The van der Waals surface area contributed by atoms with E-state index in [-0.39, 0.29) is 24.0 Å². The summed E-state index contributed by atoms with van der Waals surface area (Å²) in [6, 6.07) is 6.00. The van der Waals surface area contributed by atoms with E-state index in [2.05, 4.69) is 20.9 Å². The van der Waals surface area contributed by atoms with Crippen LogP contribution >= 0.6 is 11.3 Å². The summed E-state index contributed by atoms with van der Waals surface area (Å²) in [5.41, 5.74) is 3.21. The molecule has 1 aliphatic carbocycles. The van der Waals surface area contributed by atoms with Gasteiger partial charge in [0.2, 0.25) is 5.91 Å². The Balaban J connectivity index is 1.43. The van der Waals surface area contributed by atoms with Crippen molar-refractivity contribution >= 4 is 28.1 Å². The van der Waals surface area contributed by atoms with Gasteiger partial charge in [-0.15, -0.1) is 11.3 Å².